The van der Waals surface area contributed by atoms with E-state index in [0.29, 0.717) is 11.5 Å². The maximum absolute atomic E-state index is 6.06. The highest BCUT2D eigenvalue weighted by Crippen LogP contribution is 2.30. The van der Waals surface area contributed by atoms with Crippen molar-refractivity contribution >= 4 is 5.69 Å². The van der Waals surface area contributed by atoms with Gasteiger partial charge in [0.25, 0.3) is 0 Å². The van der Waals surface area contributed by atoms with Crippen LogP contribution in [0.25, 0.3) is 11.4 Å². The number of ether oxygens (including phenoxy) is 1. The molecular weight excluding hydrogens is 254 g/mol. The third-order valence-electron chi connectivity index (χ3n) is 3.43. The quantitative estimate of drug-likeness (QED) is 0.820. The highest BCUT2D eigenvalue weighted by Gasteiger charge is 2.18. The van der Waals surface area contributed by atoms with E-state index in [1.165, 1.54) is 0 Å². The summed E-state index contributed by atoms with van der Waals surface area (Å²) in [5.74, 6) is 1.44. The zero-order valence-corrected chi connectivity index (χ0v) is 12.2. The fourth-order valence-electron chi connectivity index (χ4n) is 2.31. The van der Waals surface area contributed by atoms with Gasteiger partial charge in [0.15, 0.2) is 5.82 Å². The lowest BCUT2D eigenvalue weighted by Gasteiger charge is -2.16. The van der Waals surface area contributed by atoms with Gasteiger partial charge in [-0.25, -0.2) is 4.68 Å². The van der Waals surface area contributed by atoms with Crippen LogP contribution in [0.15, 0.2) is 18.2 Å². The van der Waals surface area contributed by atoms with Crippen molar-refractivity contribution in [3.8, 4) is 17.1 Å². The van der Waals surface area contributed by atoms with E-state index in [0.717, 1.165) is 30.6 Å². The first-order valence-electron chi connectivity index (χ1n) is 6.93. The molecule has 6 heteroatoms. The Morgan fingerprint density at radius 3 is 2.80 bits per heavy atom. The second-order valence-electron chi connectivity index (χ2n) is 4.75. The summed E-state index contributed by atoms with van der Waals surface area (Å²) in [5, 5.41) is 12.1. The molecule has 1 unspecified atom stereocenters. The van der Waals surface area contributed by atoms with E-state index in [1.54, 1.807) is 7.11 Å². The summed E-state index contributed by atoms with van der Waals surface area (Å²) >= 11 is 0. The molecule has 1 heterocycles. The van der Waals surface area contributed by atoms with E-state index in [9.17, 15) is 0 Å². The molecule has 1 atom stereocenters. The SMILES string of the molecule is CCCC(CC)n1nnnc1-c1cc(OC)ccc1N. The Hall–Kier alpha value is -2.11. The lowest BCUT2D eigenvalue weighted by molar-refractivity contribution is 0.403. The predicted molar refractivity (Wildman–Crippen MR) is 78.5 cm³/mol. The van der Waals surface area contributed by atoms with Crippen LogP contribution >= 0.6 is 0 Å². The molecule has 0 aliphatic heterocycles. The van der Waals surface area contributed by atoms with Gasteiger partial charge in [0, 0.05) is 11.3 Å². The third-order valence-corrected chi connectivity index (χ3v) is 3.43. The molecule has 0 saturated carbocycles. The zero-order valence-electron chi connectivity index (χ0n) is 12.2. The molecule has 1 aromatic heterocycles. The predicted octanol–water partition coefficient (Wildman–Crippen LogP) is 2.68. The summed E-state index contributed by atoms with van der Waals surface area (Å²) < 4.78 is 7.12. The average molecular weight is 275 g/mol. The summed E-state index contributed by atoms with van der Waals surface area (Å²) in [4.78, 5) is 0. The maximum Gasteiger partial charge on any atom is 0.184 e. The molecule has 1 aromatic carbocycles. The molecule has 0 aliphatic rings. The minimum Gasteiger partial charge on any atom is -0.497 e. The molecule has 2 aromatic rings. The monoisotopic (exact) mass is 275 g/mol. The number of anilines is 1. The summed E-state index contributed by atoms with van der Waals surface area (Å²) in [5.41, 5.74) is 7.51. The van der Waals surface area contributed by atoms with Crippen LogP contribution in [0.2, 0.25) is 0 Å². The minimum atomic E-state index is 0.288. The fraction of sp³-hybridized carbons (Fsp3) is 0.500. The highest BCUT2D eigenvalue weighted by atomic mass is 16.5. The van der Waals surface area contributed by atoms with Crippen molar-refractivity contribution in [2.24, 2.45) is 0 Å². The first kappa shape index (κ1) is 14.3. The van der Waals surface area contributed by atoms with Crippen molar-refractivity contribution < 1.29 is 4.74 Å². The second-order valence-corrected chi connectivity index (χ2v) is 4.75. The van der Waals surface area contributed by atoms with Crippen molar-refractivity contribution in [2.45, 2.75) is 39.2 Å². The lowest BCUT2D eigenvalue weighted by Crippen LogP contribution is -2.12. The number of nitrogens with zero attached hydrogens (tertiary/aromatic N) is 4. The number of nitrogens with two attached hydrogens (primary N) is 1. The van der Waals surface area contributed by atoms with Crippen LogP contribution in [0, 0.1) is 0 Å². The van der Waals surface area contributed by atoms with E-state index in [1.807, 2.05) is 22.9 Å². The third kappa shape index (κ3) is 2.74. The Balaban J connectivity index is 2.46. The van der Waals surface area contributed by atoms with Crippen molar-refractivity contribution in [2.75, 3.05) is 12.8 Å². The standard InChI is InChI=1S/C14H21N5O/c1-4-6-10(5-2)19-14(16-17-18-19)12-9-11(20-3)7-8-13(12)15/h7-10H,4-6,15H2,1-3H3. The molecule has 0 aliphatic carbocycles. The molecular formula is C14H21N5O. The molecule has 0 saturated heterocycles. The van der Waals surface area contributed by atoms with Crippen LogP contribution in [-0.2, 0) is 0 Å². The van der Waals surface area contributed by atoms with Gasteiger partial charge >= 0.3 is 0 Å². The molecule has 6 nitrogen and oxygen atoms in total. The van der Waals surface area contributed by atoms with Crippen LogP contribution < -0.4 is 10.5 Å². The Bertz CT molecular complexity index is 566. The van der Waals surface area contributed by atoms with Crippen LogP contribution in [0.4, 0.5) is 5.69 Å². The van der Waals surface area contributed by atoms with Crippen molar-refractivity contribution in [1.29, 1.82) is 0 Å². The van der Waals surface area contributed by atoms with Gasteiger partial charge in [-0.2, -0.15) is 0 Å². The molecule has 20 heavy (non-hydrogen) atoms. The number of nitrogen functional groups attached to an aromatic ring is 1. The number of methoxy groups -OCH3 is 1. The van der Waals surface area contributed by atoms with Crippen LogP contribution in [0.1, 0.15) is 39.2 Å². The molecule has 108 valence electrons. The van der Waals surface area contributed by atoms with E-state index in [2.05, 4.69) is 29.4 Å². The summed E-state index contributed by atoms with van der Waals surface area (Å²) in [6.07, 6.45) is 3.11. The largest absolute Gasteiger partial charge is 0.497 e. The Morgan fingerprint density at radius 1 is 1.35 bits per heavy atom. The number of hydrogen-bond acceptors (Lipinski definition) is 5. The van der Waals surface area contributed by atoms with E-state index in [4.69, 9.17) is 10.5 Å². The molecule has 0 radical (unpaired) electrons. The Morgan fingerprint density at radius 2 is 2.15 bits per heavy atom. The molecule has 0 fully saturated rings. The first-order valence-corrected chi connectivity index (χ1v) is 6.93. The summed E-state index contributed by atoms with van der Waals surface area (Å²) in [6.45, 7) is 4.30. The normalized spacial score (nSPS) is 12.3. The van der Waals surface area contributed by atoms with Crippen molar-refractivity contribution in [3.05, 3.63) is 18.2 Å². The van der Waals surface area contributed by atoms with Crippen molar-refractivity contribution in [3.63, 3.8) is 0 Å². The minimum absolute atomic E-state index is 0.288. The van der Waals surface area contributed by atoms with Gasteiger partial charge in [-0.1, -0.05) is 20.3 Å². The maximum atomic E-state index is 6.06. The van der Waals surface area contributed by atoms with Gasteiger partial charge in [0.2, 0.25) is 0 Å². The van der Waals surface area contributed by atoms with Gasteiger partial charge in [0.1, 0.15) is 5.75 Å². The number of aromatic nitrogens is 4. The topological polar surface area (TPSA) is 78.8 Å². The molecule has 2 rings (SSSR count). The highest BCUT2D eigenvalue weighted by molar-refractivity contribution is 5.73. The first-order chi connectivity index (χ1) is 9.71. The molecule has 0 spiro atoms. The Kier molecular flexibility index (Phi) is 4.55. The van der Waals surface area contributed by atoms with E-state index in [-0.39, 0.29) is 6.04 Å². The van der Waals surface area contributed by atoms with Gasteiger partial charge in [-0.15, -0.1) is 5.10 Å². The van der Waals surface area contributed by atoms with E-state index >= 15 is 0 Å². The average Bonchev–Trinajstić information content (AvgIpc) is 2.94. The lowest BCUT2D eigenvalue weighted by atomic mass is 10.1. The summed E-state index contributed by atoms with van der Waals surface area (Å²) in [6, 6.07) is 5.80. The van der Waals surface area contributed by atoms with Gasteiger partial charge < -0.3 is 10.5 Å². The number of hydrogen-bond donors (Lipinski definition) is 1. The van der Waals surface area contributed by atoms with E-state index < -0.39 is 0 Å². The second kappa shape index (κ2) is 6.36. The van der Waals surface area contributed by atoms with Gasteiger partial charge in [-0.3, -0.25) is 0 Å². The Labute approximate surface area is 118 Å². The molecule has 0 bridgehead atoms. The smallest absolute Gasteiger partial charge is 0.184 e. The number of benzene rings is 1. The summed E-state index contributed by atoms with van der Waals surface area (Å²) in [7, 11) is 1.63. The van der Waals surface area contributed by atoms with Crippen molar-refractivity contribution in [1.82, 2.24) is 20.2 Å². The molecule has 2 N–H and O–H groups in total. The molecule has 0 amide bonds. The van der Waals surface area contributed by atoms with Gasteiger partial charge in [-0.05, 0) is 41.5 Å². The van der Waals surface area contributed by atoms with Crippen LogP contribution in [-0.4, -0.2) is 27.3 Å². The fourth-order valence-corrected chi connectivity index (χ4v) is 2.31. The zero-order chi connectivity index (χ0) is 14.5. The number of rotatable bonds is 6. The van der Waals surface area contributed by atoms with Crippen LogP contribution in [0.3, 0.4) is 0 Å². The van der Waals surface area contributed by atoms with Gasteiger partial charge in [0.05, 0.1) is 13.2 Å². The van der Waals surface area contributed by atoms with Crippen LogP contribution in [0.5, 0.6) is 5.75 Å². The number of tetrazole rings is 1.